The number of aryl methyl sites for hydroxylation is 2. The average molecular weight is 180 g/mol. The molecule has 0 fully saturated rings. The maximum atomic E-state index is 13.4. The maximum absolute atomic E-state index is 13.4. The number of benzene rings is 1. The van der Waals surface area contributed by atoms with Crippen molar-refractivity contribution in [2.75, 3.05) is 0 Å². The van der Waals surface area contributed by atoms with Gasteiger partial charge in [-0.3, -0.25) is 14.6 Å². The molecule has 0 spiro atoms. The number of fused-ring (bicyclic) bond motifs is 1. The predicted octanol–water partition coefficient (Wildman–Crippen LogP) is 1.31. The fourth-order valence-corrected chi connectivity index (χ4v) is 1.38. The molecule has 4 heteroatoms. The van der Waals surface area contributed by atoms with Gasteiger partial charge in [0, 0.05) is 7.05 Å². The first-order valence-electron chi connectivity index (χ1n) is 3.95. The molecule has 0 radical (unpaired) electrons. The first-order valence-corrected chi connectivity index (χ1v) is 3.95. The normalized spacial score (nSPS) is 11.0. The van der Waals surface area contributed by atoms with E-state index >= 15 is 0 Å². The Hall–Kier alpha value is -1.58. The summed E-state index contributed by atoms with van der Waals surface area (Å²) < 4.78 is 14.7. The Morgan fingerprint density at radius 3 is 2.85 bits per heavy atom. The fourth-order valence-electron chi connectivity index (χ4n) is 1.38. The van der Waals surface area contributed by atoms with Crippen LogP contribution < -0.4 is 5.56 Å². The molecule has 0 amide bonds. The lowest BCUT2D eigenvalue weighted by Crippen LogP contribution is -2.12. The fraction of sp³-hybridized carbons (Fsp3) is 0.222. The SMILES string of the molecule is Cc1ccc2[nH]n(C)c(=O)c2c1F. The second kappa shape index (κ2) is 2.45. The van der Waals surface area contributed by atoms with Crippen molar-refractivity contribution < 1.29 is 4.39 Å². The third-order valence-corrected chi connectivity index (χ3v) is 2.14. The van der Waals surface area contributed by atoms with E-state index in [0.29, 0.717) is 11.1 Å². The number of nitrogens with one attached hydrogen (secondary N) is 1. The van der Waals surface area contributed by atoms with Gasteiger partial charge in [0.15, 0.2) is 0 Å². The largest absolute Gasteiger partial charge is 0.295 e. The van der Waals surface area contributed by atoms with Crippen LogP contribution in [-0.4, -0.2) is 9.78 Å². The average Bonchev–Trinajstić information content (AvgIpc) is 2.37. The van der Waals surface area contributed by atoms with E-state index < -0.39 is 5.82 Å². The van der Waals surface area contributed by atoms with E-state index in [1.807, 2.05) is 0 Å². The highest BCUT2D eigenvalue weighted by Gasteiger charge is 2.10. The molecule has 1 aromatic carbocycles. The van der Waals surface area contributed by atoms with Crippen LogP contribution in [0, 0.1) is 12.7 Å². The van der Waals surface area contributed by atoms with Crippen LogP contribution in [0.5, 0.6) is 0 Å². The van der Waals surface area contributed by atoms with Crippen LogP contribution in [0.2, 0.25) is 0 Å². The van der Waals surface area contributed by atoms with Crippen LogP contribution >= 0.6 is 0 Å². The Labute approximate surface area is 73.8 Å². The van der Waals surface area contributed by atoms with E-state index in [9.17, 15) is 9.18 Å². The summed E-state index contributed by atoms with van der Waals surface area (Å²) in [5.41, 5.74) is 0.705. The zero-order chi connectivity index (χ0) is 9.59. The van der Waals surface area contributed by atoms with Gasteiger partial charge in [0.2, 0.25) is 0 Å². The van der Waals surface area contributed by atoms with Gasteiger partial charge < -0.3 is 0 Å². The van der Waals surface area contributed by atoms with E-state index in [0.717, 1.165) is 0 Å². The monoisotopic (exact) mass is 180 g/mol. The zero-order valence-electron chi connectivity index (χ0n) is 7.39. The molecule has 0 atom stereocenters. The van der Waals surface area contributed by atoms with Crippen molar-refractivity contribution in [3.63, 3.8) is 0 Å². The number of rotatable bonds is 0. The minimum atomic E-state index is -0.431. The lowest BCUT2D eigenvalue weighted by Gasteiger charge is -1.94. The third kappa shape index (κ3) is 0.983. The van der Waals surface area contributed by atoms with Crippen LogP contribution in [-0.2, 0) is 7.05 Å². The number of hydrogen-bond donors (Lipinski definition) is 1. The van der Waals surface area contributed by atoms with Crippen LogP contribution in [0.1, 0.15) is 5.56 Å². The number of H-pyrrole nitrogens is 1. The van der Waals surface area contributed by atoms with E-state index in [1.165, 1.54) is 4.68 Å². The molecular formula is C9H9FN2O. The summed E-state index contributed by atoms with van der Waals surface area (Å²) in [6.07, 6.45) is 0. The topological polar surface area (TPSA) is 37.8 Å². The molecule has 1 heterocycles. The Morgan fingerprint density at radius 2 is 2.15 bits per heavy atom. The highest BCUT2D eigenvalue weighted by Crippen LogP contribution is 2.15. The number of aromatic amines is 1. The number of hydrogen-bond acceptors (Lipinski definition) is 1. The first-order chi connectivity index (χ1) is 6.11. The molecule has 0 bridgehead atoms. The molecule has 0 saturated heterocycles. The van der Waals surface area contributed by atoms with Crippen LogP contribution in [0.3, 0.4) is 0 Å². The summed E-state index contributed by atoms with van der Waals surface area (Å²) in [6.45, 7) is 1.64. The molecule has 0 aliphatic carbocycles. The van der Waals surface area contributed by atoms with Gasteiger partial charge in [-0.15, -0.1) is 0 Å². The summed E-state index contributed by atoms with van der Waals surface area (Å²) in [6, 6.07) is 3.35. The Balaban J connectivity index is 3.06. The van der Waals surface area contributed by atoms with Gasteiger partial charge in [0.1, 0.15) is 11.2 Å². The van der Waals surface area contributed by atoms with Crippen molar-refractivity contribution in [3.05, 3.63) is 33.9 Å². The van der Waals surface area contributed by atoms with E-state index in [1.54, 1.807) is 26.1 Å². The van der Waals surface area contributed by atoms with Gasteiger partial charge in [-0.1, -0.05) is 6.07 Å². The van der Waals surface area contributed by atoms with Crippen molar-refractivity contribution >= 4 is 10.9 Å². The molecule has 68 valence electrons. The van der Waals surface area contributed by atoms with Gasteiger partial charge in [-0.05, 0) is 18.6 Å². The Bertz CT molecular complexity index is 524. The van der Waals surface area contributed by atoms with Gasteiger partial charge >= 0.3 is 0 Å². The van der Waals surface area contributed by atoms with Gasteiger partial charge in [-0.2, -0.15) is 0 Å². The quantitative estimate of drug-likeness (QED) is 0.652. The molecule has 2 aromatic rings. The van der Waals surface area contributed by atoms with E-state index in [4.69, 9.17) is 0 Å². The third-order valence-electron chi connectivity index (χ3n) is 2.14. The van der Waals surface area contributed by atoms with Gasteiger partial charge in [0.25, 0.3) is 5.56 Å². The second-order valence-corrected chi connectivity index (χ2v) is 3.09. The molecule has 1 aromatic heterocycles. The molecule has 0 aliphatic heterocycles. The summed E-state index contributed by atoms with van der Waals surface area (Å²) in [5, 5.41) is 2.90. The summed E-state index contributed by atoms with van der Waals surface area (Å²) >= 11 is 0. The summed E-state index contributed by atoms with van der Waals surface area (Å²) in [7, 11) is 1.57. The number of halogens is 1. The lowest BCUT2D eigenvalue weighted by molar-refractivity contribution is 0.629. The highest BCUT2D eigenvalue weighted by molar-refractivity contribution is 5.79. The lowest BCUT2D eigenvalue weighted by atomic mass is 10.2. The second-order valence-electron chi connectivity index (χ2n) is 3.09. The summed E-state index contributed by atoms with van der Waals surface area (Å²) in [5.74, 6) is -0.431. The van der Waals surface area contributed by atoms with Crippen LogP contribution in [0.25, 0.3) is 10.9 Å². The van der Waals surface area contributed by atoms with Crippen LogP contribution in [0.4, 0.5) is 4.39 Å². The zero-order valence-corrected chi connectivity index (χ0v) is 7.39. The van der Waals surface area contributed by atoms with Crippen LogP contribution in [0.15, 0.2) is 16.9 Å². The maximum Gasteiger partial charge on any atom is 0.277 e. The minimum Gasteiger partial charge on any atom is -0.295 e. The van der Waals surface area contributed by atoms with Crippen molar-refractivity contribution in [1.29, 1.82) is 0 Å². The first kappa shape index (κ1) is 8.04. The molecular weight excluding hydrogens is 171 g/mol. The Kier molecular flexibility index (Phi) is 1.52. The molecule has 1 N–H and O–H groups in total. The highest BCUT2D eigenvalue weighted by atomic mass is 19.1. The summed E-state index contributed by atoms with van der Waals surface area (Å²) in [4.78, 5) is 11.4. The minimum absolute atomic E-state index is 0.141. The van der Waals surface area contributed by atoms with E-state index in [2.05, 4.69) is 5.10 Å². The molecule has 0 unspecified atom stereocenters. The molecule has 0 aliphatic rings. The predicted molar refractivity (Wildman–Crippen MR) is 48.2 cm³/mol. The van der Waals surface area contributed by atoms with Crippen molar-refractivity contribution in [2.45, 2.75) is 6.92 Å². The number of aromatic nitrogens is 2. The molecule has 13 heavy (non-hydrogen) atoms. The van der Waals surface area contributed by atoms with Crippen molar-refractivity contribution in [3.8, 4) is 0 Å². The van der Waals surface area contributed by atoms with Crippen molar-refractivity contribution in [1.82, 2.24) is 9.78 Å². The van der Waals surface area contributed by atoms with Crippen molar-refractivity contribution in [2.24, 2.45) is 7.05 Å². The van der Waals surface area contributed by atoms with Gasteiger partial charge in [-0.25, -0.2) is 4.39 Å². The Morgan fingerprint density at radius 1 is 1.46 bits per heavy atom. The van der Waals surface area contributed by atoms with E-state index in [-0.39, 0.29) is 10.9 Å². The molecule has 3 nitrogen and oxygen atoms in total. The smallest absolute Gasteiger partial charge is 0.277 e. The molecule has 0 saturated carbocycles. The molecule has 2 rings (SSSR count). The standard InChI is InChI=1S/C9H9FN2O/c1-5-3-4-6-7(8(5)10)9(13)12(2)11-6/h3-4,11H,1-2H3. The van der Waals surface area contributed by atoms with Gasteiger partial charge in [0.05, 0.1) is 5.52 Å². The number of nitrogens with zero attached hydrogens (tertiary/aromatic N) is 1.